The lowest BCUT2D eigenvalue weighted by molar-refractivity contribution is -0.122. The summed E-state index contributed by atoms with van der Waals surface area (Å²) in [7, 11) is 0. The molecule has 27 heavy (non-hydrogen) atoms. The van der Waals surface area contributed by atoms with E-state index in [0.717, 1.165) is 31.2 Å². The van der Waals surface area contributed by atoms with Gasteiger partial charge in [0.2, 0.25) is 11.8 Å². The van der Waals surface area contributed by atoms with E-state index in [0.29, 0.717) is 17.0 Å². The second-order valence-electron chi connectivity index (χ2n) is 7.26. The van der Waals surface area contributed by atoms with Crippen molar-refractivity contribution < 1.29 is 19.1 Å². The van der Waals surface area contributed by atoms with Crippen LogP contribution in [0.25, 0.3) is 0 Å². The van der Waals surface area contributed by atoms with E-state index < -0.39 is 5.97 Å². The van der Waals surface area contributed by atoms with E-state index in [4.69, 9.17) is 4.74 Å². The zero-order valence-corrected chi connectivity index (χ0v) is 15.2. The molecule has 0 aromatic heterocycles. The molecule has 1 saturated heterocycles. The van der Waals surface area contributed by atoms with Gasteiger partial charge >= 0.3 is 5.97 Å². The number of hydrogen-bond acceptors (Lipinski definition) is 4. The smallest absolute Gasteiger partial charge is 0.343 e. The van der Waals surface area contributed by atoms with Gasteiger partial charge in [-0.05, 0) is 50.1 Å². The molecule has 4 rings (SSSR count). The highest BCUT2D eigenvalue weighted by molar-refractivity contribution is 6.22. The van der Waals surface area contributed by atoms with Gasteiger partial charge in [0.1, 0.15) is 5.75 Å². The summed E-state index contributed by atoms with van der Waals surface area (Å²) in [6.45, 7) is 1.96. The molecule has 2 aromatic rings. The van der Waals surface area contributed by atoms with E-state index in [9.17, 15) is 14.4 Å². The molecule has 2 fully saturated rings. The fourth-order valence-electron chi connectivity index (χ4n) is 3.96. The minimum absolute atomic E-state index is 0.145. The molecule has 0 spiro atoms. The van der Waals surface area contributed by atoms with Gasteiger partial charge in [-0.1, -0.05) is 36.6 Å². The number of ether oxygens (including phenoxy) is 1. The normalized spacial score (nSPS) is 21.9. The number of benzene rings is 2. The Morgan fingerprint density at radius 1 is 0.963 bits per heavy atom. The summed E-state index contributed by atoms with van der Waals surface area (Å²) in [6.07, 6.45) is 3.50. The van der Waals surface area contributed by atoms with E-state index in [1.54, 1.807) is 36.4 Å². The maximum absolute atomic E-state index is 12.7. The van der Waals surface area contributed by atoms with Gasteiger partial charge in [-0.15, -0.1) is 0 Å². The number of aryl methyl sites for hydroxylation is 1. The van der Waals surface area contributed by atoms with Gasteiger partial charge < -0.3 is 4.74 Å². The molecule has 5 nitrogen and oxygen atoms in total. The van der Waals surface area contributed by atoms with Gasteiger partial charge in [-0.3, -0.25) is 14.5 Å². The summed E-state index contributed by atoms with van der Waals surface area (Å²) in [5, 5.41) is 0. The first kappa shape index (κ1) is 17.5. The number of esters is 1. The number of carbonyl (C=O) groups is 3. The molecular weight excluding hydrogens is 342 g/mol. The van der Waals surface area contributed by atoms with Crippen molar-refractivity contribution in [2.45, 2.75) is 32.6 Å². The standard InChI is InChI=1S/C22H21NO4/c1-14-9-11-17(12-10-14)27-22(26)15-5-4-6-16(13-15)23-20(24)18-7-2-3-8-19(18)21(23)25/h4-6,9-13,18-19H,2-3,7-8H2,1H3/t18-,19+. The summed E-state index contributed by atoms with van der Waals surface area (Å²) in [5.74, 6) is -0.779. The second-order valence-corrected chi connectivity index (χ2v) is 7.26. The fraction of sp³-hybridized carbons (Fsp3) is 0.318. The Morgan fingerprint density at radius 3 is 2.22 bits per heavy atom. The maximum atomic E-state index is 12.7. The third-order valence-electron chi connectivity index (χ3n) is 5.41. The van der Waals surface area contributed by atoms with Crippen molar-refractivity contribution >= 4 is 23.5 Å². The molecule has 2 aromatic carbocycles. The molecule has 1 heterocycles. The van der Waals surface area contributed by atoms with Crippen LogP contribution in [0.2, 0.25) is 0 Å². The van der Waals surface area contributed by atoms with Crippen molar-refractivity contribution in [2.75, 3.05) is 4.90 Å². The predicted molar refractivity (Wildman–Crippen MR) is 101 cm³/mol. The summed E-state index contributed by atoms with van der Waals surface area (Å²) in [5.41, 5.74) is 1.82. The Bertz CT molecular complexity index is 879. The second kappa shape index (κ2) is 6.99. The molecule has 5 heteroatoms. The molecular formula is C22H21NO4. The molecule has 2 aliphatic rings. The molecule has 1 saturated carbocycles. The largest absolute Gasteiger partial charge is 0.423 e. The summed E-state index contributed by atoms with van der Waals surface area (Å²) >= 11 is 0. The zero-order chi connectivity index (χ0) is 19.0. The zero-order valence-electron chi connectivity index (χ0n) is 15.2. The summed E-state index contributed by atoms with van der Waals surface area (Å²) in [4.78, 5) is 39.2. The van der Waals surface area contributed by atoms with Crippen LogP contribution in [0.5, 0.6) is 5.75 Å². The Balaban J connectivity index is 1.57. The van der Waals surface area contributed by atoms with Crippen LogP contribution < -0.4 is 9.64 Å². The van der Waals surface area contributed by atoms with Crippen LogP contribution in [0.1, 0.15) is 41.6 Å². The minimum Gasteiger partial charge on any atom is -0.423 e. The number of anilines is 1. The van der Waals surface area contributed by atoms with Crippen molar-refractivity contribution in [3.05, 3.63) is 59.7 Å². The molecule has 0 bridgehead atoms. The molecule has 0 N–H and O–H groups in total. The Hall–Kier alpha value is -2.95. The maximum Gasteiger partial charge on any atom is 0.343 e. The fourth-order valence-corrected chi connectivity index (χ4v) is 3.96. The van der Waals surface area contributed by atoms with Gasteiger partial charge in [0, 0.05) is 0 Å². The first-order valence-electron chi connectivity index (χ1n) is 9.31. The molecule has 0 unspecified atom stereocenters. The van der Waals surface area contributed by atoms with E-state index in [2.05, 4.69) is 0 Å². The van der Waals surface area contributed by atoms with Gasteiger partial charge in [0.25, 0.3) is 0 Å². The number of amides is 2. The van der Waals surface area contributed by atoms with Gasteiger partial charge in [-0.25, -0.2) is 4.79 Å². The van der Waals surface area contributed by atoms with E-state index in [-0.39, 0.29) is 23.7 Å². The third-order valence-corrected chi connectivity index (χ3v) is 5.41. The number of hydrogen-bond donors (Lipinski definition) is 0. The Morgan fingerprint density at radius 2 is 1.59 bits per heavy atom. The van der Waals surface area contributed by atoms with Crippen molar-refractivity contribution in [3.63, 3.8) is 0 Å². The van der Waals surface area contributed by atoms with Gasteiger partial charge in [-0.2, -0.15) is 0 Å². The number of nitrogens with zero attached hydrogens (tertiary/aromatic N) is 1. The molecule has 1 aliphatic carbocycles. The molecule has 1 aliphatic heterocycles. The Labute approximate surface area is 157 Å². The van der Waals surface area contributed by atoms with Gasteiger partial charge in [0.05, 0.1) is 23.1 Å². The van der Waals surface area contributed by atoms with Crippen LogP contribution >= 0.6 is 0 Å². The van der Waals surface area contributed by atoms with E-state index >= 15 is 0 Å². The first-order chi connectivity index (χ1) is 13.0. The van der Waals surface area contributed by atoms with Crippen LogP contribution in [-0.2, 0) is 9.59 Å². The van der Waals surface area contributed by atoms with Crippen molar-refractivity contribution in [1.29, 1.82) is 0 Å². The monoisotopic (exact) mass is 363 g/mol. The average molecular weight is 363 g/mol. The van der Waals surface area contributed by atoms with Crippen molar-refractivity contribution in [3.8, 4) is 5.75 Å². The van der Waals surface area contributed by atoms with Crippen LogP contribution in [-0.4, -0.2) is 17.8 Å². The van der Waals surface area contributed by atoms with Gasteiger partial charge in [0.15, 0.2) is 0 Å². The first-order valence-corrected chi connectivity index (χ1v) is 9.31. The predicted octanol–water partition coefficient (Wildman–Crippen LogP) is 3.89. The highest BCUT2D eigenvalue weighted by atomic mass is 16.5. The third kappa shape index (κ3) is 3.25. The van der Waals surface area contributed by atoms with E-state index in [1.807, 2.05) is 19.1 Å². The van der Waals surface area contributed by atoms with E-state index in [1.165, 1.54) is 4.90 Å². The molecule has 2 amide bonds. The van der Waals surface area contributed by atoms with Crippen LogP contribution in [0.4, 0.5) is 5.69 Å². The lowest BCUT2D eigenvalue weighted by atomic mass is 9.81. The lowest BCUT2D eigenvalue weighted by Crippen LogP contribution is -2.31. The highest BCUT2D eigenvalue weighted by Gasteiger charge is 2.48. The van der Waals surface area contributed by atoms with Crippen LogP contribution in [0.15, 0.2) is 48.5 Å². The number of imide groups is 1. The Kier molecular flexibility index (Phi) is 4.52. The average Bonchev–Trinajstić information content (AvgIpc) is 2.95. The molecule has 138 valence electrons. The molecule has 0 radical (unpaired) electrons. The quantitative estimate of drug-likeness (QED) is 0.471. The van der Waals surface area contributed by atoms with Crippen LogP contribution in [0, 0.1) is 18.8 Å². The number of carbonyl (C=O) groups excluding carboxylic acids is 3. The summed E-state index contributed by atoms with van der Waals surface area (Å²) in [6, 6.07) is 13.7. The molecule has 2 atom stereocenters. The van der Waals surface area contributed by atoms with Crippen molar-refractivity contribution in [2.24, 2.45) is 11.8 Å². The number of rotatable bonds is 3. The SMILES string of the molecule is Cc1ccc(OC(=O)c2cccc(N3C(=O)[C@H]4CCCC[C@H]4C3=O)c2)cc1. The van der Waals surface area contributed by atoms with Crippen LogP contribution in [0.3, 0.4) is 0 Å². The number of fused-ring (bicyclic) bond motifs is 1. The summed E-state index contributed by atoms with van der Waals surface area (Å²) < 4.78 is 5.39. The van der Waals surface area contributed by atoms with Crippen molar-refractivity contribution in [1.82, 2.24) is 0 Å². The topological polar surface area (TPSA) is 63.7 Å². The highest BCUT2D eigenvalue weighted by Crippen LogP contribution is 2.40. The lowest BCUT2D eigenvalue weighted by Gasteiger charge is -2.19. The minimum atomic E-state index is -0.516.